The number of nitro groups is 1. The molecule has 0 bridgehead atoms. The summed E-state index contributed by atoms with van der Waals surface area (Å²) in [7, 11) is 1.28. The zero-order chi connectivity index (χ0) is 22.2. The van der Waals surface area contributed by atoms with Gasteiger partial charge in [-0.3, -0.25) is 25.0 Å². The molecule has 0 radical (unpaired) electrons. The van der Waals surface area contributed by atoms with E-state index < -0.39 is 22.8 Å². The van der Waals surface area contributed by atoms with E-state index in [1.165, 1.54) is 25.3 Å². The number of nitrogens with zero attached hydrogens (tertiary/aromatic N) is 2. The SMILES string of the molecule is COc1c(Br)cc(/C=C2\C(=O)NC(=O)N(c3ccc(Br)c(C)c3)C2=O)cc1[N+](=O)[O-]. The molecule has 1 aliphatic rings. The number of methoxy groups -OCH3 is 1. The topological polar surface area (TPSA) is 119 Å². The minimum Gasteiger partial charge on any atom is -0.489 e. The highest BCUT2D eigenvalue weighted by atomic mass is 79.9. The summed E-state index contributed by atoms with van der Waals surface area (Å²) in [6.45, 7) is 1.79. The van der Waals surface area contributed by atoms with Crippen molar-refractivity contribution in [2.75, 3.05) is 12.0 Å². The van der Waals surface area contributed by atoms with E-state index in [0.29, 0.717) is 0 Å². The van der Waals surface area contributed by atoms with Crippen LogP contribution in [0.3, 0.4) is 0 Å². The lowest BCUT2D eigenvalue weighted by Gasteiger charge is -2.26. The van der Waals surface area contributed by atoms with Gasteiger partial charge in [0.1, 0.15) is 5.57 Å². The fourth-order valence-electron chi connectivity index (χ4n) is 2.85. The monoisotopic (exact) mass is 537 g/mol. The molecule has 0 unspecified atom stereocenters. The molecular formula is C19H13Br2N3O6. The largest absolute Gasteiger partial charge is 0.489 e. The Morgan fingerprint density at radius 1 is 1.13 bits per heavy atom. The number of nitro benzene ring substituents is 1. The molecule has 3 rings (SSSR count). The average Bonchev–Trinajstić information content (AvgIpc) is 2.67. The molecule has 0 spiro atoms. The molecule has 4 amide bonds. The molecule has 1 fully saturated rings. The van der Waals surface area contributed by atoms with Crippen molar-refractivity contribution in [2.45, 2.75) is 6.92 Å². The zero-order valence-corrected chi connectivity index (χ0v) is 18.7. The first-order valence-corrected chi connectivity index (χ1v) is 9.92. The standard InChI is InChI=1S/C19H13Br2N3O6/c1-9-5-11(3-4-13(9)20)23-18(26)12(17(25)22-19(23)27)6-10-7-14(21)16(30-2)15(8-10)24(28)29/h3-8H,1-2H3,(H,22,25,27)/b12-6+. The molecule has 0 atom stereocenters. The van der Waals surface area contributed by atoms with Crippen molar-refractivity contribution in [1.82, 2.24) is 5.32 Å². The molecular weight excluding hydrogens is 526 g/mol. The Kier molecular flexibility index (Phi) is 6.04. The number of barbiturate groups is 1. The van der Waals surface area contributed by atoms with Crippen molar-refractivity contribution < 1.29 is 24.0 Å². The first kappa shape index (κ1) is 21.7. The fourth-order valence-corrected chi connectivity index (χ4v) is 3.72. The van der Waals surface area contributed by atoms with Crippen LogP contribution in [0.5, 0.6) is 5.75 Å². The van der Waals surface area contributed by atoms with Gasteiger partial charge in [-0.1, -0.05) is 15.9 Å². The molecule has 0 aliphatic carbocycles. The zero-order valence-electron chi connectivity index (χ0n) is 15.6. The van der Waals surface area contributed by atoms with E-state index in [1.54, 1.807) is 25.1 Å². The summed E-state index contributed by atoms with van der Waals surface area (Å²) >= 11 is 6.53. The third-order valence-corrected chi connectivity index (χ3v) is 5.74. The van der Waals surface area contributed by atoms with Gasteiger partial charge in [0.05, 0.1) is 22.2 Å². The Bertz CT molecular complexity index is 1150. The number of hydrogen-bond donors (Lipinski definition) is 1. The van der Waals surface area contributed by atoms with Crippen LogP contribution in [-0.2, 0) is 9.59 Å². The van der Waals surface area contributed by atoms with Gasteiger partial charge >= 0.3 is 11.7 Å². The Morgan fingerprint density at radius 2 is 1.83 bits per heavy atom. The van der Waals surface area contributed by atoms with Crippen molar-refractivity contribution in [2.24, 2.45) is 0 Å². The van der Waals surface area contributed by atoms with Crippen LogP contribution in [0.1, 0.15) is 11.1 Å². The number of imide groups is 2. The van der Waals surface area contributed by atoms with Crippen molar-refractivity contribution >= 4 is 67.2 Å². The number of hydrogen-bond acceptors (Lipinski definition) is 6. The third-order valence-electron chi connectivity index (χ3n) is 4.26. The van der Waals surface area contributed by atoms with E-state index in [1.807, 2.05) is 0 Å². The lowest BCUT2D eigenvalue weighted by molar-refractivity contribution is -0.385. The van der Waals surface area contributed by atoms with Gasteiger partial charge in [-0.15, -0.1) is 0 Å². The lowest BCUT2D eigenvalue weighted by atomic mass is 10.1. The highest BCUT2D eigenvalue weighted by Crippen LogP contribution is 2.37. The Balaban J connectivity index is 2.09. The van der Waals surface area contributed by atoms with Crippen molar-refractivity contribution in [3.05, 3.63) is 66.1 Å². The van der Waals surface area contributed by atoms with Crippen molar-refractivity contribution in [1.29, 1.82) is 0 Å². The number of amides is 4. The van der Waals surface area contributed by atoms with E-state index in [0.717, 1.165) is 14.9 Å². The predicted molar refractivity (Wildman–Crippen MR) is 115 cm³/mol. The molecule has 2 aromatic rings. The summed E-state index contributed by atoms with van der Waals surface area (Å²) in [6, 6.07) is 6.59. The average molecular weight is 539 g/mol. The smallest absolute Gasteiger partial charge is 0.335 e. The summed E-state index contributed by atoms with van der Waals surface area (Å²) in [6.07, 6.45) is 1.18. The Hall–Kier alpha value is -3.05. The molecule has 2 aromatic carbocycles. The summed E-state index contributed by atoms with van der Waals surface area (Å²) in [4.78, 5) is 49.1. The van der Waals surface area contributed by atoms with Crippen LogP contribution in [0.2, 0.25) is 0 Å². The van der Waals surface area contributed by atoms with E-state index in [-0.39, 0.29) is 32.7 Å². The van der Waals surface area contributed by atoms with Crippen LogP contribution in [0, 0.1) is 17.0 Å². The van der Waals surface area contributed by atoms with Crippen molar-refractivity contribution in [3.63, 3.8) is 0 Å². The molecule has 30 heavy (non-hydrogen) atoms. The molecule has 154 valence electrons. The van der Waals surface area contributed by atoms with Gasteiger partial charge in [0, 0.05) is 10.5 Å². The van der Waals surface area contributed by atoms with Crippen LogP contribution < -0.4 is 15.0 Å². The number of rotatable bonds is 4. The van der Waals surface area contributed by atoms with Crippen LogP contribution in [0.4, 0.5) is 16.2 Å². The number of halogens is 2. The number of nitrogens with one attached hydrogen (secondary N) is 1. The summed E-state index contributed by atoms with van der Waals surface area (Å²) in [5.41, 5.74) is 0.568. The second-order valence-electron chi connectivity index (χ2n) is 6.20. The van der Waals surface area contributed by atoms with Crippen molar-refractivity contribution in [3.8, 4) is 5.75 Å². The van der Waals surface area contributed by atoms with Gasteiger partial charge in [0.25, 0.3) is 11.8 Å². The molecule has 1 heterocycles. The maximum atomic E-state index is 13.0. The van der Waals surface area contributed by atoms with Gasteiger partial charge in [-0.05, 0) is 64.3 Å². The molecule has 9 nitrogen and oxygen atoms in total. The summed E-state index contributed by atoms with van der Waals surface area (Å²) < 4.78 is 6.08. The number of carbonyl (C=O) groups excluding carboxylic acids is 3. The quantitative estimate of drug-likeness (QED) is 0.271. The van der Waals surface area contributed by atoms with Crippen LogP contribution >= 0.6 is 31.9 Å². The van der Waals surface area contributed by atoms with E-state index in [2.05, 4.69) is 37.2 Å². The highest BCUT2D eigenvalue weighted by molar-refractivity contribution is 9.10. The fraction of sp³-hybridized carbons (Fsp3) is 0.105. The minimum absolute atomic E-state index is 0.00344. The first-order chi connectivity index (χ1) is 14.1. The number of carbonyl (C=O) groups is 3. The van der Waals surface area contributed by atoms with Gasteiger partial charge in [-0.25, -0.2) is 9.69 Å². The van der Waals surface area contributed by atoms with Crippen LogP contribution in [0.15, 0.2) is 44.9 Å². The molecule has 11 heteroatoms. The molecule has 0 saturated carbocycles. The van der Waals surface area contributed by atoms with Gasteiger partial charge in [0.2, 0.25) is 5.75 Å². The van der Waals surface area contributed by atoms with Gasteiger partial charge in [-0.2, -0.15) is 0 Å². The predicted octanol–water partition coefficient (Wildman–Crippen LogP) is 4.10. The number of urea groups is 1. The number of aryl methyl sites for hydroxylation is 1. The van der Waals surface area contributed by atoms with E-state index in [9.17, 15) is 24.5 Å². The van der Waals surface area contributed by atoms with E-state index in [4.69, 9.17) is 4.74 Å². The minimum atomic E-state index is -0.898. The molecule has 0 aromatic heterocycles. The maximum Gasteiger partial charge on any atom is 0.335 e. The molecule has 1 aliphatic heterocycles. The third kappa shape index (κ3) is 3.98. The number of benzene rings is 2. The maximum absolute atomic E-state index is 13.0. The Morgan fingerprint density at radius 3 is 2.43 bits per heavy atom. The number of anilines is 1. The molecule has 1 N–H and O–H groups in total. The highest BCUT2D eigenvalue weighted by Gasteiger charge is 2.37. The summed E-state index contributed by atoms with van der Waals surface area (Å²) in [5, 5.41) is 13.4. The van der Waals surface area contributed by atoms with E-state index >= 15 is 0 Å². The van der Waals surface area contributed by atoms with Crippen LogP contribution in [0.25, 0.3) is 6.08 Å². The second kappa shape index (κ2) is 8.36. The van der Waals surface area contributed by atoms with Crippen LogP contribution in [-0.4, -0.2) is 29.9 Å². The molecule has 1 saturated heterocycles. The van der Waals surface area contributed by atoms with Gasteiger partial charge < -0.3 is 4.74 Å². The Labute approximate surface area is 187 Å². The number of ether oxygens (including phenoxy) is 1. The first-order valence-electron chi connectivity index (χ1n) is 8.33. The normalized spacial score (nSPS) is 15.4. The van der Waals surface area contributed by atoms with Gasteiger partial charge in [0.15, 0.2) is 0 Å². The lowest BCUT2D eigenvalue weighted by Crippen LogP contribution is -2.54. The summed E-state index contributed by atoms with van der Waals surface area (Å²) in [5.74, 6) is -1.74. The second-order valence-corrected chi connectivity index (χ2v) is 7.91.